The van der Waals surface area contributed by atoms with E-state index >= 15 is 0 Å². The molecule has 0 aromatic heterocycles. The largest absolute Gasteiger partial charge is 0.479 e. The lowest BCUT2D eigenvalue weighted by Crippen LogP contribution is -2.55. The highest BCUT2D eigenvalue weighted by Gasteiger charge is 2.41. The Balaban J connectivity index is 2.65. The molecule has 1 fully saturated rings. The fourth-order valence-electron chi connectivity index (χ4n) is 1.02. The number of aliphatic hydroxyl groups excluding tert-OH is 3. The third-order valence-electron chi connectivity index (χ3n) is 1.74. The van der Waals surface area contributed by atoms with Gasteiger partial charge in [0.2, 0.25) is 0 Å². The first-order valence-corrected chi connectivity index (χ1v) is 3.42. The molecule has 0 bridgehead atoms. The summed E-state index contributed by atoms with van der Waals surface area (Å²) in [7, 11) is 0. The Bertz CT molecular complexity index is 181. The van der Waals surface area contributed by atoms with E-state index in [1.165, 1.54) is 0 Å². The summed E-state index contributed by atoms with van der Waals surface area (Å²) in [5.74, 6) is -1.35. The Morgan fingerprint density at radius 2 is 1.83 bits per heavy atom. The van der Waals surface area contributed by atoms with Gasteiger partial charge in [0.05, 0.1) is 6.61 Å². The molecule has 70 valence electrons. The van der Waals surface area contributed by atoms with Gasteiger partial charge in [0, 0.05) is 0 Å². The molecule has 0 aromatic rings. The van der Waals surface area contributed by atoms with Crippen molar-refractivity contribution in [2.75, 3.05) is 6.61 Å². The summed E-state index contributed by atoms with van der Waals surface area (Å²) in [5.41, 5.74) is 0. The van der Waals surface area contributed by atoms with Crippen LogP contribution in [-0.4, -0.2) is 57.4 Å². The standard InChI is InChI=1S/C6H10O6/c7-2-1-12-5(6(10)11)4(9)3(2)8/h2-5,7-9H,1H2,(H,10,11)/t2?,3?,4-,5+/m0/s1. The molecule has 1 heterocycles. The Kier molecular flexibility index (Phi) is 2.63. The highest BCUT2D eigenvalue weighted by atomic mass is 16.5. The third kappa shape index (κ3) is 1.56. The summed E-state index contributed by atoms with van der Waals surface area (Å²) < 4.78 is 4.57. The molecular formula is C6H10O6. The van der Waals surface area contributed by atoms with Crippen molar-refractivity contribution in [3.63, 3.8) is 0 Å². The minimum absolute atomic E-state index is 0.283. The van der Waals surface area contributed by atoms with Crippen molar-refractivity contribution in [1.82, 2.24) is 0 Å². The molecule has 1 saturated heterocycles. The molecule has 6 nitrogen and oxygen atoms in total. The number of aliphatic hydroxyl groups is 3. The topological polar surface area (TPSA) is 107 Å². The Hall–Kier alpha value is -0.690. The smallest absolute Gasteiger partial charge is 0.335 e. The van der Waals surface area contributed by atoms with E-state index in [1.54, 1.807) is 0 Å². The van der Waals surface area contributed by atoms with Crippen molar-refractivity contribution in [2.24, 2.45) is 0 Å². The Morgan fingerprint density at radius 3 is 2.33 bits per heavy atom. The molecule has 6 heteroatoms. The van der Waals surface area contributed by atoms with Gasteiger partial charge in [0.1, 0.15) is 18.3 Å². The molecule has 0 radical (unpaired) electrons. The third-order valence-corrected chi connectivity index (χ3v) is 1.74. The van der Waals surface area contributed by atoms with Crippen molar-refractivity contribution in [3.05, 3.63) is 0 Å². The highest BCUT2D eigenvalue weighted by molar-refractivity contribution is 5.73. The predicted octanol–water partition coefficient (Wildman–Crippen LogP) is -2.45. The maximum absolute atomic E-state index is 10.3. The SMILES string of the molecule is O=C(O)[C@@H]1OCC(O)C(O)[C@@H]1O. The summed E-state index contributed by atoms with van der Waals surface area (Å²) >= 11 is 0. The van der Waals surface area contributed by atoms with Crippen LogP contribution in [0.2, 0.25) is 0 Å². The summed E-state index contributed by atoms with van der Waals surface area (Å²) in [5, 5.41) is 35.4. The average Bonchev–Trinajstić information content (AvgIpc) is 2.00. The van der Waals surface area contributed by atoms with E-state index in [-0.39, 0.29) is 6.61 Å². The first-order chi connectivity index (χ1) is 5.54. The summed E-state index contributed by atoms with van der Waals surface area (Å²) in [4.78, 5) is 10.3. The number of carboxylic acids is 1. The van der Waals surface area contributed by atoms with Crippen molar-refractivity contribution >= 4 is 5.97 Å². The molecule has 1 aliphatic rings. The van der Waals surface area contributed by atoms with Gasteiger partial charge in [-0.2, -0.15) is 0 Å². The molecule has 1 rings (SSSR count). The lowest BCUT2D eigenvalue weighted by molar-refractivity contribution is -0.201. The van der Waals surface area contributed by atoms with Gasteiger partial charge >= 0.3 is 5.97 Å². The second-order valence-electron chi connectivity index (χ2n) is 2.64. The number of hydrogen-bond acceptors (Lipinski definition) is 5. The van der Waals surface area contributed by atoms with E-state index in [9.17, 15) is 4.79 Å². The number of hydrogen-bond donors (Lipinski definition) is 4. The molecule has 1 aliphatic heterocycles. The van der Waals surface area contributed by atoms with E-state index in [4.69, 9.17) is 20.4 Å². The minimum Gasteiger partial charge on any atom is -0.479 e. The van der Waals surface area contributed by atoms with Gasteiger partial charge < -0.3 is 25.2 Å². The van der Waals surface area contributed by atoms with Crippen LogP contribution < -0.4 is 0 Å². The maximum atomic E-state index is 10.3. The zero-order chi connectivity index (χ0) is 9.30. The van der Waals surface area contributed by atoms with E-state index in [1.807, 2.05) is 0 Å². The zero-order valence-electron chi connectivity index (χ0n) is 6.12. The lowest BCUT2D eigenvalue weighted by atomic mass is 10.0. The van der Waals surface area contributed by atoms with Crippen LogP contribution in [-0.2, 0) is 9.53 Å². The fourth-order valence-corrected chi connectivity index (χ4v) is 1.02. The van der Waals surface area contributed by atoms with Gasteiger partial charge in [0.15, 0.2) is 6.10 Å². The number of aliphatic carboxylic acids is 1. The summed E-state index contributed by atoms with van der Waals surface area (Å²) in [6.45, 7) is -0.283. The molecule has 0 spiro atoms. The molecular weight excluding hydrogens is 168 g/mol. The second kappa shape index (κ2) is 3.36. The fraction of sp³-hybridized carbons (Fsp3) is 0.833. The van der Waals surface area contributed by atoms with Crippen LogP contribution in [0.5, 0.6) is 0 Å². The van der Waals surface area contributed by atoms with Crippen molar-refractivity contribution in [3.8, 4) is 0 Å². The molecule has 0 saturated carbocycles. The Labute approximate surface area is 68.0 Å². The quantitative estimate of drug-likeness (QED) is 0.355. The molecule has 0 amide bonds. The lowest BCUT2D eigenvalue weighted by Gasteiger charge is -2.32. The van der Waals surface area contributed by atoms with Gasteiger partial charge in [-0.05, 0) is 0 Å². The molecule has 0 aliphatic carbocycles. The molecule has 0 aromatic carbocycles. The van der Waals surface area contributed by atoms with Crippen molar-refractivity contribution < 1.29 is 30.0 Å². The number of carbonyl (C=O) groups is 1. The highest BCUT2D eigenvalue weighted by Crippen LogP contribution is 2.15. The normalized spacial score (nSPS) is 42.6. The first kappa shape index (κ1) is 9.40. The van der Waals surface area contributed by atoms with Gasteiger partial charge in [-0.1, -0.05) is 0 Å². The average molecular weight is 178 g/mol. The molecule has 4 N–H and O–H groups in total. The van der Waals surface area contributed by atoms with Crippen molar-refractivity contribution in [2.45, 2.75) is 24.4 Å². The van der Waals surface area contributed by atoms with Crippen LogP contribution in [0.25, 0.3) is 0 Å². The zero-order valence-corrected chi connectivity index (χ0v) is 6.12. The first-order valence-electron chi connectivity index (χ1n) is 3.42. The van der Waals surface area contributed by atoms with Gasteiger partial charge in [-0.3, -0.25) is 0 Å². The molecule has 2 unspecified atom stereocenters. The van der Waals surface area contributed by atoms with E-state index in [0.29, 0.717) is 0 Å². The van der Waals surface area contributed by atoms with Gasteiger partial charge in [-0.25, -0.2) is 4.79 Å². The van der Waals surface area contributed by atoms with Crippen LogP contribution in [0.15, 0.2) is 0 Å². The van der Waals surface area contributed by atoms with E-state index < -0.39 is 30.4 Å². The molecule has 4 atom stereocenters. The van der Waals surface area contributed by atoms with Crippen LogP contribution in [0.3, 0.4) is 0 Å². The number of carboxylic acid groups (broad SMARTS) is 1. The number of ether oxygens (including phenoxy) is 1. The Morgan fingerprint density at radius 1 is 1.25 bits per heavy atom. The van der Waals surface area contributed by atoms with E-state index in [2.05, 4.69) is 4.74 Å². The van der Waals surface area contributed by atoms with Crippen LogP contribution in [0.1, 0.15) is 0 Å². The van der Waals surface area contributed by atoms with Crippen LogP contribution in [0.4, 0.5) is 0 Å². The maximum Gasteiger partial charge on any atom is 0.335 e. The summed E-state index contributed by atoms with van der Waals surface area (Å²) in [6, 6.07) is 0. The van der Waals surface area contributed by atoms with Gasteiger partial charge in [0.25, 0.3) is 0 Å². The number of rotatable bonds is 1. The monoisotopic (exact) mass is 178 g/mol. The van der Waals surface area contributed by atoms with Crippen molar-refractivity contribution in [1.29, 1.82) is 0 Å². The van der Waals surface area contributed by atoms with Crippen LogP contribution >= 0.6 is 0 Å². The van der Waals surface area contributed by atoms with Gasteiger partial charge in [-0.15, -0.1) is 0 Å². The van der Waals surface area contributed by atoms with E-state index in [0.717, 1.165) is 0 Å². The summed E-state index contributed by atoms with van der Waals surface area (Å²) in [6.07, 6.45) is -5.72. The second-order valence-corrected chi connectivity index (χ2v) is 2.64. The molecule has 12 heavy (non-hydrogen) atoms. The predicted molar refractivity (Wildman–Crippen MR) is 35.4 cm³/mol. The minimum atomic E-state index is -1.58. The van der Waals surface area contributed by atoms with Crippen LogP contribution in [0, 0.1) is 0 Å².